The normalized spacial score (nSPS) is 11.4. The molecule has 0 radical (unpaired) electrons. The van der Waals surface area contributed by atoms with Crippen LogP contribution in [0.5, 0.6) is 5.88 Å². The number of aryl methyl sites for hydroxylation is 1. The lowest BCUT2D eigenvalue weighted by atomic mass is 10.1. The van der Waals surface area contributed by atoms with Gasteiger partial charge in [-0.15, -0.1) is 10.2 Å². The summed E-state index contributed by atoms with van der Waals surface area (Å²) in [5.41, 5.74) is 3.10. The molecule has 1 heterocycles. The van der Waals surface area contributed by atoms with Crippen molar-refractivity contribution in [3.05, 3.63) is 66.2 Å². The SMILES string of the molecule is CCc1ccc(S(=O)(=O)Nc2ccc(-c3ccc(OCC(C)C)nn3)cc2)cc1. The average Bonchev–Trinajstić information content (AvgIpc) is 2.73. The molecule has 3 aromatic rings. The van der Waals surface area contributed by atoms with Crippen LogP contribution in [0, 0.1) is 5.92 Å². The lowest BCUT2D eigenvalue weighted by molar-refractivity contribution is 0.258. The lowest BCUT2D eigenvalue weighted by Gasteiger charge is -2.10. The molecular formula is C22H25N3O3S. The van der Waals surface area contributed by atoms with Crippen LogP contribution in [0.1, 0.15) is 26.3 Å². The number of ether oxygens (including phenoxy) is 1. The topological polar surface area (TPSA) is 81.2 Å². The Bertz CT molecular complexity index is 1030. The maximum Gasteiger partial charge on any atom is 0.261 e. The highest BCUT2D eigenvalue weighted by atomic mass is 32.2. The average molecular weight is 412 g/mol. The van der Waals surface area contributed by atoms with Crippen molar-refractivity contribution in [2.24, 2.45) is 5.92 Å². The van der Waals surface area contributed by atoms with Crippen LogP contribution in [-0.2, 0) is 16.4 Å². The van der Waals surface area contributed by atoms with Crippen molar-refractivity contribution in [3.63, 3.8) is 0 Å². The van der Waals surface area contributed by atoms with Gasteiger partial charge in [0.05, 0.1) is 17.2 Å². The van der Waals surface area contributed by atoms with E-state index in [0.717, 1.165) is 17.5 Å². The van der Waals surface area contributed by atoms with E-state index in [1.807, 2.05) is 25.1 Å². The van der Waals surface area contributed by atoms with Crippen LogP contribution in [-0.4, -0.2) is 25.2 Å². The summed E-state index contributed by atoms with van der Waals surface area (Å²) in [7, 11) is -3.63. The molecule has 1 N–H and O–H groups in total. The van der Waals surface area contributed by atoms with Gasteiger partial charge in [-0.1, -0.05) is 45.0 Å². The molecule has 6 nitrogen and oxygen atoms in total. The predicted octanol–water partition coefficient (Wildman–Crippen LogP) is 4.54. The van der Waals surface area contributed by atoms with Crippen LogP contribution in [0.4, 0.5) is 5.69 Å². The summed E-state index contributed by atoms with van der Waals surface area (Å²) in [4.78, 5) is 0.238. The number of nitrogens with one attached hydrogen (secondary N) is 1. The molecule has 0 aliphatic rings. The Morgan fingerprint density at radius 1 is 0.931 bits per heavy atom. The van der Waals surface area contributed by atoms with Crippen molar-refractivity contribution in [1.29, 1.82) is 0 Å². The molecule has 0 saturated heterocycles. The Labute approximate surface area is 172 Å². The first kappa shape index (κ1) is 20.8. The molecule has 0 aliphatic heterocycles. The van der Waals surface area contributed by atoms with Crippen LogP contribution in [0.15, 0.2) is 65.6 Å². The third-order valence-corrected chi connectivity index (χ3v) is 5.68. The van der Waals surface area contributed by atoms with Crippen LogP contribution < -0.4 is 9.46 Å². The minimum absolute atomic E-state index is 0.238. The molecule has 29 heavy (non-hydrogen) atoms. The molecule has 1 aromatic heterocycles. The molecule has 0 aliphatic carbocycles. The van der Waals surface area contributed by atoms with Crippen molar-refractivity contribution in [3.8, 4) is 17.1 Å². The fourth-order valence-electron chi connectivity index (χ4n) is 2.63. The summed E-state index contributed by atoms with van der Waals surface area (Å²) >= 11 is 0. The Kier molecular flexibility index (Phi) is 6.49. The predicted molar refractivity (Wildman–Crippen MR) is 114 cm³/mol. The van der Waals surface area contributed by atoms with Gasteiger partial charge in [-0.25, -0.2) is 8.42 Å². The molecule has 3 rings (SSSR count). The zero-order valence-corrected chi connectivity index (χ0v) is 17.6. The Morgan fingerprint density at radius 2 is 1.62 bits per heavy atom. The quantitative estimate of drug-likeness (QED) is 0.588. The number of anilines is 1. The van der Waals surface area contributed by atoms with Crippen molar-refractivity contribution in [2.75, 3.05) is 11.3 Å². The van der Waals surface area contributed by atoms with E-state index in [1.165, 1.54) is 0 Å². The van der Waals surface area contributed by atoms with Crippen molar-refractivity contribution < 1.29 is 13.2 Å². The minimum atomic E-state index is -3.63. The maximum absolute atomic E-state index is 12.6. The van der Waals surface area contributed by atoms with Gasteiger partial charge in [-0.3, -0.25) is 4.72 Å². The van der Waals surface area contributed by atoms with Crippen molar-refractivity contribution in [2.45, 2.75) is 32.1 Å². The first-order chi connectivity index (χ1) is 13.9. The number of benzene rings is 2. The second-order valence-electron chi connectivity index (χ2n) is 7.14. The van der Waals surface area contributed by atoms with E-state index < -0.39 is 10.0 Å². The lowest BCUT2D eigenvalue weighted by Crippen LogP contribution is -2.12. The number of nitrogens with zero attached hydrogens (tertiary/aromatic N) is 2. The first-order valence-corrected chi connectivity index (χ1v) is 11.0. The molecule has 0 spiro atoms. The van der Waals surface area contributed by atoms with Gasteiger partial charge < -0.3 is 4.74 Å². The Balaban J connectivity index is 1.69. The molecule has 0 fully saturated rings. The maximum atomic E-state index is 12.6. The number of hydrogen-bond acceptors (Lipinski definition) is 5. The monoisotopic (exact) mass is 411 g/mol. The zero-order chi connectivity index (χ0) is 20.9. The third kappa shape index (κ3) is 5.54. The van der Waals surface area contributed by atoms with Crippen molar-refractivity contribution in [1.82, 2.24) is 10.2 Å². The third-order valence-electron chi connectivity index (χ3n) is 4.28. The summed E-state index contributed by atoms with van der Waals surface area (Å²) in [5, 5.41) is 8.26. The van der Waals surface area contributed by atoms with Crippen LogP contribution in [0.3, 0.4) is 0 Å². The number of aromatic nitrogens is 2. The van der Waals surface area contributed by atoms with E-state index in [1.54, 1.807) is 42.5 Å². The fraction of sp³-hybridized carbons (Fsp3) is 0.273. The number of rotatable bonds is 8. The first-order valence-electron chi connectivity index (χ1n) is 9.56. The number of sulfonamides is 1. The minimum Gasteiger partial charge on any atom is -0.476 e. The van der Waals surface area contributed by atoms with E-state index in [4.69, 9.17) is 4.74 Å². The summed E-state index contributed by atoms with van der Waals surface area (Å²) in [6, 6.07) is 17.5. The van der Waals surface area contributed by atoms with Gasteiger partial charge in [0.15, 0.2) is 0 Å². The summed E-state index contributed by atoms with van der Waals surface area (Å²) < 4.78 is 33.3. The summed E-state index contributed by atoms with van der Waals surface area (Å²) in [6.07, 6.45) is 0.864. The second-order valence-corrected chi connectivity index (χ2v) is 8.82. The van der Waals surface area contributed by atoms with Gasteiger partial charge in [0.2, 0.25) is 5.88 Å². The molecule has 7 heteroatoms. The van der Waals surface area contributed by atoms with Crippen LogP contribution >= 0.6 is 0 Å². The largest absolute Gasteiger partial charge is 0.476 e. The van der Waals surface area contributed by atoms with Crippen LogP contribution in [0.25, 0.3) is 11.3 Å². The molecule has 152 valence electrons. The van der Waals surface area contributed by atoms with Gasteiger partial charge in [-0.2, -0.15) is 0 Å². The van der Waals surface area contributed by atoms with Gasteiger partial charge in [0.25, 0.3) is 10.0 Å². The van der Waals surface area contributed by atoms with Gasteiger partial charge >= 0.3 is 0 Å². The van der Waals surface area contributed by atoms with E-state index in [-0.39, 0.29) is 4.90 Å². The molecule has 0 amide bonds. The second kappa shape index (κ2) is 9.05. The highest BCUT2D eigenvalue weighted by Crippen LogP contribution is 2.22. The molecular weight excluding hydrogens is 386 g/mol. The molecule has 2 aromatic carbocycles. The van der Waals surface area contributed by atoms with Crippen LogP contribution in [0.2, 0.25) is 0 Å². The van der Waals surface area contributed by atoms with E-state index in [9.17, 15) is 8.42 Å². The smallest absolute Gasteiger partial charge is 0.261 e. The van der Waals surface area contributed by atoms with Gasteiger partial charge in [0.1, 0.15) is 0 Å². The van der Waals surface area contributed by atoms with E-state index in [0.29, 0.717) is 29.8 Å². The Hall–Kier alpha value is -2.93. The molecule has 0 bridgehead atoms. The summed E-state index contributed by atoms with van der Waals surface area (Å²) in [6.45, 7) is 6.75. The highest BCUT2D eigenvalue weighted by molar-refractivity contribution is 7.92. The zero-order valence-electron chi connectivity index (χ0n) is 16.8. The Morgan fingerprint density at radius 3 is 2.17 bits per heavy atom. The highest BCUT2D eigenvalue weighted by Gasteiger charge is 2.14. The molecule has 0 unspecified atom stereocenters. The number of hydrogen-bond donors (Lipinski definition) is 1. The fourth-order valence-corrected chi connectivity index (χ4v) is 3.69. The van der Waals surface area contributed by atoms with Crippen molar-refractivity contribution >= 4 is 15.7 Å². The standard InChI is InChI=1S/C22H25N3O3S/c1-4-17-5-11-20(12-6-17)29(26,27)25-19-9-7-18(8-10-19)21-13-14-22(24-23-21)28-15-16(2)3/h5-14,16,25H,4,15H2,1-3H3. The van der Waals surface area contributed by atoms with E-state index >= 15 is 0 Å². The van der Waals surface area contributed by atoms with Gasteiger partial charge in [-0.05, 0) is 48.2 Å². The summed E-state index contributed by atoms with van der Waals surface area (Å²) in [5.74, 6) is 0.901. The molecule has 0 atom stereocenters. The van der Waals surface area contributed by atoms with Gasteiger partial charge in [0, 0.05) is 17.3 Å². The van der Waals surface area contributed by atoms with E-state index in [2.05, 4.69) is 28.8 Å². The molecule has 0 saturated carbocycles.